The van der Waals surface area contributed by atoms with Gasteiger partial charge in [0.1, 0.15) is 11.8 Å². The van der Waals surface area contributed by atoms with Crippen molar-refractivity contribution in [3.63, 3.8) is 0 Å². The summed E-state index contributed by atoms with van der Waals surface area (Å²) in [6.45, 7) is 1.56. The van der Waals surface area contributed by atoms with Crippen molar-refractivity contribution in [2.75, 3.05) is 0 Å². The van der Waals surface area contributed by atoms with Crippen LogP contribution >= 0.6 is 0 Å². The zero-order chi connectivity index (χ0) is 10.7. The zero-order valence-electron chi connectivity index (χ0n) is 7.56. The van der Waals surface area contributed by atoms with Gasteiger partial charge in [-0.25, -0.2) is 13.8 Å². The molecule has 0 saturated heterocycles. The quantitative estimate of drug-likeness (QED) is 0.762. The van der Waals surface area contributed by atoms with E-state index in [1.54, 1.807) is 6.92 Å². The van der Waals surface area contributed by atoms with Crippen LogP contribution in [0.1, 0.15) is 30.8 Å². The molecule has 78 valence electrons. The first-order valence-electron chi connectivity index (χ1n) is 4.06. The average molecular weight is 203 g/mol. The van der Waals surface area contributed by atoms with Crippen LogP contribution < -0.4 is 5.73 Å². The molecule has 0 amide bonds. The van der Waals surface area contributed by atoms with Crippen molar-refractivity contribution in [1.29, 1.82) is 0 Å². The summed E-state index contributed by atoms with van der Waals surface area (Å²) < 4.78 is 24.4. The number of aromatic nitrogens is 2. The van der Waals surface area contributed by atoms with Crippen LogP contribution in [0, 0.1) is 0 Å². The van der Waals surface area contributed by atoms with Crippen LogP contribution in [-0.2, 0) is 0 Å². The Balaban J connectivity index is 2.93. The highest BCUT2D eigenvalue weighted by Crippen LogP contribution is 2.18. The zero-order valence-corrected chi connectivity index (χ0v) is 7.56. The van der Waals surface area contributed by atoms with Gasteiger partial charge in [-0.05, 0) is 6.92 Å². The minimum atomic E-state index is -2.69. The fourth-order valence-corrected chi connectivity index (χ4v) is 0.914. The van der Waals surface area contributed by atoms with Crippen LogP contribution in [-0.4, -0.2) is 21.1 Å². The molecule has 1 aromatic rings. The van der Waals surface area contributed by atoms with E-state index < -0.39 is 24.3 Å². The summed E-state index contributed by atoms with van der Waals surface area (Å²) in [5.41, 5.74) is 5.00. The number of nitrogens with zero attached hydrogens (tertiary/aromatic N) is 2. The first kappa shape index (κ1) is 10.9. The third-order valence-corrected chi connectivity index (χ3v) is 1.70. The third kappa shape index (κ3) is 2.43. The molecule has 0 spiro atoms. The standard InChI is InChI=1S/C8H11F2N3O/c1-4(11)7(14)5-2-12-3-6(13-5)8(9)10/h2-4,7-8,14H,11H2,1H3. The molecule has 0 radical (unpaired) electrons. The largest absolute Gasteiger partial charge is 0.385 e. The minimum Gasteiger partial charge on any atom is -0.385 e. The van der Waals surface area contributed by atoms with Gasteiger partial charge in [0.2, 0.25) is 0 Å². The maximum Gasteiger partial charge on any atom is 0.281 e. The molecule has 4 nitrogen and oxygen atoms in total. The van der Waals surface area contributed by atoms with Gasteiger partial charge in [-0.2, -0.15) is 0 Å². The van der Waals surface area contributed by atoms with Gasteiger partial charge in [-0.3, -0.25) is 4.98 Å². The van der Waals surface area contributed by atoms with E-state index in [-0.39, 0.29) is 5.69 Å². The van der Waals surface area contributed by atoms with Crippen molar-refractivity contribution >= 4 is 0 Å². The van der Waals surface area contributed by atoms with Crippen molar-refractivity contribution in [2.45, 2.75) is 25.5 Å². The minimum absolute atomic E-state index is 0.0674. The van der Waals surface area contributed by atoms with Gasteiger partial charge in [0, 0.05) is 6.04 Å². The summed E-state index contributed by atoms with van der Waals surface area (Å²) in [5, 5.41) is 9.43. The lowest BCUT2D eigenvalue weighted by Crippen LogP contribution is -2.25. The summed E-state index contributed by atoms with van der Waals surface area (Å²) in [6, 6.07) is -0.572. The second-order valence-corrected chi connectivity index (χ2v) is 2.97. The van der Waals surface area contributed by atoms with Gasteiger partial charge in [0.15, 0.2) is 0 Å². The highest BCUT2D eigenvalue weighted by molar-refractivity contribution is 5.08. The Morgan fingerprint density at radius 3 is 2.43 bits per heavy atom. The Labute approximate surface area is 79.8 Å². The number of aliphatic hydroxyl groups excluding tert-OH is 1. The van der Waals surface area contributed by atoms with Crippen molar-refractivity contribution in [1.82, 2.24) is 9.97 Å². The summed E-state index contributed by atoms with van der Waals surface area (Å²) in [4.78, 5) is 7.10. The van der Waals surface area contributed by atoms with Crippen LogP contribution in [0.25, 0.3) is 0 Å². The summed E-state index contributed by atoms with van der Waals surface area (Å²) in [7, 11) is 0. The van der Waals surface area contributed by atoms with Gasteiger partial charge in [0.25, 0.3) is 6.43 Å². The molecule has 0 bridgehead atoms. The highest BCUT2D eigenvalue weighted by Gasteiger charge is 2.17. The molecule has 0 aliphatic rings. The van der Waals surface area contributed by atoms with Crippen molar-refractivity contribution in [2.24, 2.45) is 5.73 Å². The molecule has 2 unspecified atom stereocenters. The topological polar surface area (TPSA) is 72.0 Å². The molecule has 0 aliphatic heterocycles. The maximum absolute atomic E-state index is 12.2. The Kier molecular flexibility index (Phi) is 3.43. The maximum atomic E-state index is 12.2. The van der Waals surface area contributed by atoms with E-state index in [2.05, 4.69) is 9.97 Å². The number of alkyl halides is 2. The van der Waals surface area contributed by atoms with Crippen molar-refractivity contribution < 1.29 is 13.9 Å². The molecule has 0 aliphatic carbocycles. The Hall–Kier alpha value is -1.14. The molecular formula is C8H11F2N3O. The number of hydrogen-bond donors (Lipinski definition) is 2. The van der Waals surface area contributed by atoms with Crippen LogP contribution in [0.4, 0.5) is 8.78 Å². The smallest absolute Gasteiger partial charge is 0.281 e. The van der Waals surface area contributed by atoms with Crippen LogP contribution in [0.3, 0.4) is 0 Å². The summed E-state index contributed by atoms with van der Waals surface area (Å²) >= 11 is 0. The lowest BCUT2D eigenvalue weighted by atomic mass is 10.1. The average Bonchev–Trinajstić information content (AvgIpc) is 2.16. The van der Waals surface area contributed by atoms with Crippen molar-refractivity contribution in [3.8, 4) is 0 Å². The molecule has 2 atom stereocenters. The normalized spacial score (nSPS) is 15.6. The molecule has 0 saturated carbocycles. The predicted octanol–water partition coefficient (Wildman–Crippen LogP) is 0.795. The lowest BCUT2D eigenvalue weighted by Gasteiger charge is -2.13. The molecule has 0 fully saturated rings. The second-order valence-electron chi connectivity index (χ2n) is 2.97. The number of rotatable bonds is 3. The first-order valence-corrected chi connectivity index (χ1v) is 4.06. The van der Waals surface area contributed by atoms with E-state index in [1.165, 1.54) is 6.20 Å². The molecule has 0 aromatic carbocycles. The van der Waals surface area contributed by atoms with Crippen LogP contribution in [0.2, 0.25) is 0 Å². The van der Waals surface area contributed by atoms with E-state index in [1.807, 2.05) is 0 Å². The van der Waals surface area contributed by atoms with E-state index >= 15 is 0 Å². The first-order chi connectivity index (χ1) is 6.52. The fraction of sp³-hybridized carbons (Fsp3) is 0.500. The van der Waals surface area contributed by atoms with E-state index in [9.17, 15) is 13.9 Å². The van der Waals surface area contributed by atoms with Gasteiger partial charge in [0.05, 0.1) is 18.1 Å². The highest BCUT2D eigenvalue weighted by atomic mass is 19.3. The summed E-state index contributed by atoms with van der Waals surface area (Å²) in [5.74, 6) is 0. The third-order valence-electron chi connectivity index (χ3n) is 1.70. The predicted molar refractivity (Wildman–Crippen MR) is 45.6 cm³/mol. The summed E-state index contributed by atoms with van der Waals surface area (Å²) in [6.07, 6.45) is -1.58. The molecule has 1 rings (SSSR count). The second kappa shape index (κ2) is 4.39. The van der Waals surface area contributed by atoms with Crippen molar-refractivity contribution in [3.05, 3.63) is 23.8 Å². The Morgan fingerprint density at radius 2 is 1.93 bits per heavy atom. The van der Waals surface area contributed by atoms with Gasteiger partial charge >= 0.3 is 0 Å². The Morgan fingerprint density at radius 1 is 1.36 bits per heavy atom. The van der Waals surface area contributed by atoms with Gasteiger partial charge in [-0.1, -0.05) is 0 Å². The number of nitrogens with two attached hydrogens (primary N) is 1. The molecule has 6 heteroatoms. The van der Waals surface area contributed by atoms with E-state index in [0.29, 0.717) is 0 Å². The SMILES string of the molecule is CC(N)C(O)c1cncc(C(F)F)n1. The van der Waals surface area contributed by atoms with Crippen LogP contribution in [0.15, 0.2) is 12.4 Å². The van der Waals surface area contributed by atoms with E-state index in [0.717, 1.165) is 6.20 Å². The number of hydrogen-bond acceptors (Lipinski definition) is 4. The molecular weight excluding hydrogens is 192 g/mol. The van der Waals surface area contributed by atoms with E-state index in [4.69, 9.17) is 5.73 Å². The molecule has 1 aromatic heterocycles. The number of aliphatic hydroxyl groups is 1. The lowest BCUT2D eigenvalue weighted by molar-refractivity contribution is 0.134. The van der Waals surface area contributed by atoms with Crippen LogP contribution in [0.5, 0.6) is 0 Å². The molecule has 1 heterocycles. The van der Waals surface area contributed by atoms with Gasteiger partial charge in [-0.15, -0.1) is 0 Å². The Bertz CT molecular complexity index is 306. The van der Waals surface area contributed by atoms with Gasteiger partial charge < -0.3 is 10.8 Å². The number of halogens is 2. The molecule has 14 heavy (non-hydrogen) atoms. The fourth-order valence-electron chi connectivity index (χ4n) is 0.914. The molecule has 3 N–H and O–H groups in total. The monoisotopic (exact) mass is 203 g/mol.